The summed E-state index contributed by atoms with van der Waals surface area (Å²) in [5, 5.41) is 3.73. The van der Waals surface area contributed by atoms with Crippen LogP contribution in [-0.4, -0.2) is 24.8 Å². The molecule has 0 aromatic carbocycles. The van der Waals surface area contributed by atoms with E-state index < -0.39 is 0 Å². The Bertz CT molecular complexity index is 227. The lowest BCUT2D eigenvalue weighted by Crippen LogP contribution is -2.48. The summed E-state index contributed by atoms with van der Waals surface area (Å²) in [6.45, 7) is 10.2. The molecule has 0 bridgehead atoms. The minimum Gasteiger partial charge on any atom is -0.375 e. The smallest absolute Gasteiger partial charge is 0.0597 e. The highest BCUT2D eigenvalue weighted by atomic mass is 16.5. The first-order valence-electron chi connectivity index (χ1n) is 7.04. The molecule has 1 saturated carbocycles. The molecule has 2 rings (SSSR count). The van der Waals surface area contributed by atoms with Gasteiger partial charge in [-0.2, -0.15) is 0 Å². The standard InChI is InChI=1S/C14H27NO/c1-5-15-14(12-7-6-8-12)13-9(2)10(3)16-11(13)4/h9-15H,5-8H2,1-4H3. The molecular weight excluding hydrogens is 198 g/mol. The molecule has 1 heterocycles. The van der Waals surface area contributed by atoms with Crippen molar-refractivity contribution in [3.63, 3.8) is 0 Å². The van der Waals surface area contributed by atoms with Gasteiger partial charge in [-0.1, -0.05) is 20.3 Å². The average Bonchev–Trinajstić information content (AvgIpc) is 2.38. The van der Waals surface area contributed by atoms with Gasteiger partial charge in [-0.3, -0.25) is 0 Å². The van der Waals surface area contributed by atoms with Gasteiger partial charge in [0.25, 0.3) is 0 Å². The van der Waals surface area contributed by atoms with Crippen molar-refractivity contribution in [1.82, 2.24) is 5.32 Å². The second kappa shape index (κ2) is 5.05. The van der Waals surface area contributed by atoms with E-state index in [2.05, 4.69) is 33.0 Å². The highest BCUT2D eigenvalue weighted by Crippen LogP contribution is 2.41. The van der Waals surface area contributed by atoms with Gasteiger partial charge in [0.15, 0.2) is 0 Å². The van der Waals surface area contributed by atoms with Crippen molar-refractivity contribution in [2.24, 2.45) is 17.8 Å². The predicted molar refractivity (Wildman–Crippen MR) is 67.5 cm³/mol. The lowest BCUT2D eigenvalue weighted by molar-refractivity contribution is 0.0406. The minimum atomic E-state index is 0.426. The van der Waals surface area contributed by atoms with Gasteiger partial charge in [-0.15, -0.1) is 0 Å². The van der Waals surface area contributed by atoms with Crippen LogP contribution >= 0.6 is 0 Å². The zero-order valence-electron chi connectivity index (χ0n) is 11.2. The Balaban J connectivity index is 2.05. The van der Waals surface area contributed by atoms with Gasteiger partial charge in [0.2, 0.25) is 0 Å². The van der Waals surface area contributed by atoms with Crippen LogP contribution in [0.1, 0.15) is 47.0 Å². The van der Waals surface area contributed by atoms with Gasteiger partial charge >= 0.3 is 0 Å². The van der Waals surface area contributed by atoms with Gasteiger partial charge in [0.1, 0.15) is 0 Å². The van der Waals surface area contributed by atoms with Crippen LogP contribution in [-0.2, 0) is 4.74 Å². The van der Waals surface area contributed by atoms with Crippen molar-refractivity contribution in [3.05, 3.63) is 0 Å². The summed E-state index contributed by atoms with van der Waals surface area (Å²) in [5.74, 6) is 2.31. The van der Waals surface area contributed by atoms with Crippen molar-refractivity contribution in [2.75, 3.05) is 6.54 Å². The fraction of sp³-hybridized carbons (Fsp3) is 1.00. The Morgan fingerprint density at radius 2 is 1.88 bits per heavy atom. The van der Waals surface area contributed by atoms with Gasteiger partial charge in [0.05, 0.1) is 12.2 Å². The molecule has 2 nitrogen and oxygen atoms in total. The monoisotopic (exact) mass is 225 g/mol. The van der Waals surface area contributed by atoms with E-state index in [1.807, 2.05) is 0 Å². The Labute approximate surface area is 100 Å². The van der Waals surface area contributed by atoms with E-state index in [-0.39, 0.29) is 0 Å². The molecule has 2 aliphatic rings. The lowest BCUT2D eigenvalue weighted by atomic mass is 9.70. The summed E-state index contributed by atoms with van der Waals surface area (Å²) in [5.41, 5.74) is 0. The number of nitrogens with one attached hydrogen (secondary N) is 1. The van der Waals surface area contributed by atoms with Crippen LogP contribution in [0.4, 0.5) is 0 Å². The molecule has 2 fully saturated rings. The Morgan fingerprint density at radius 1 is 1.19 bits per heavy atom. The summed E-state index contributed by atoms with van der Waals surface area (Å²) < 4.78 is 5.99. The molecule has 94 valence electrons. The number of ether oxygens (including phenoxy) is 1. The molecule has 1 saturated heterocycles. The van der Waals surface area contributed by atoms with Crippen molar-refractivity contribution >= 4 is 0 Å². The highest BCUT2D eigenvalue weighted by Gasteiger charge is 2.44. The Hall–Kier alpha value is -0.0800. The maximum atomic E-state index is 5.99. The maximum Gasteiger partial charge on any atom is 0.0597 e. The molecule has 0 radical (unpaired) electrons. The molecular formula is C14H27NO. The molecule has 0 aromatic rings. The van der Waals surface area contributed by atoms with Crippen LogP contribution < -0.4 is 5.32 Å². The molecule has 2 heteroatoms. The largest absolute Gasteiger partial charge is 0.375 e. The maximum absolute atomic E-state index is 5.99. The molecule has 0 aromatic heterocycles. The number of rotatable bonds is 4. The second-order valence-electron chi connectivity index (χ2n) is 5.76. The van der Waals surface area contributed by atoms with E-state index in [9.17, 15) is 0 Å². The average molecular weight is 225 g/mol. The van der Waals surface area contributed by atoms with Crippen molar-refractivity contribution in [2.45, 2.75) is 65.2 Å². The first-order chi connectivity index (χ1) is 7.65. The Morgan fingerprint density at radius 3 is 2.25 bits per heavy atom. The van der Waals surface area contributed by atoms with Crippen LogP contribution in [0.3, 0.4) is 0 Å². The summed E-state index contributed by atoms with van der Waals surface area (Å²) in [6.07, 6.45) is 5.12. The van der Waals surface area contributed by atoms with Gasteiger partial charge in [-0.05, 0) is 45.1 Å². The zero-order valence-corrected chi connectivity index (χ0v) is 11.2. The van der Waals surface area contributed by atoms with Crippen LogP contribution in [0.2, 0.25) is 0 Å². The third kappa shape index (κ3) is 2.14. The normalized spacial score (nSPS) is 42.0. The summed E-state index contributed by atoms with van der Waals surface area (Å²) >= 11 is 0. The summed E-state index contributed by atoms with van der Waals surface area (Å²) in [7, 11) is 0. The third-order valence-electron chi connectivity index (χ3n) is 4.83. The summed E-state index contributed by atoms with van der Waals surface area (Å²) in [4.78, 5) is 0. The fourth-order valence-corrected chi connectivity index (χ4v) is 3.56. The summed E-state index contributed by atoms with van der Waals surface area (Å²) in [6, 6.07) is 0.689. The van der Waals surface area contributed by atoms with Gasteiger partial charge in [0, 0.05) is 12.0 Å². The first-order valence-corrected chi connectivity index (χ1v) is 7.04. The highest BCUT2D eigenvalue weighted by molar-refractivity contribution is 4.96. The molecule has 5 atom stereocenters. The van der Waals surface area contributed by atoms with Crippen molar-refractivity contribution < 1.29 is 4.74 Å². The van der Waals surface area contributed by atoms with Gasteiger partial charge < -0.3 is 10.1 Å². The van der Waals surface area contributed by atoms with Crippen LogP contribution in [0, 0.1) is 17.8 Å². The SMILES string of the molecule is CCNC(C1CCC1)C1C(C)OC(C)C1C. The zero-order chi connectivity index (χ0) is 11.7. The van der Waals surface area contributed by atoms with Gasteiger partial charge in [-0.25, -0.2) is 0 Å². The van der Waals surface area contributed by atoms with E-state index in [1.54, 1.807) is 0 Å². The lowest BCUT2D eigenvalue weighted by Gasteiger charge is -2.40. The number of hydrogen-bond donors (Lipinski definition) is 1. The molecule has 0 spiro atoms. The molecule has 0 amide bonds. The van der Waals surface area contributed by atoms with Crippen molar-refractivity contribution in [1.29, 1.82) is 0 Å². The van der Waals surface area contributed by atoms with E-state index in [0.717, 1.165) is 12.5 Å². The molecule has 16 heavy (non-hydrogen) atoms. The first kappa shape index (κ1) is 12.4. The van der Waals surface area contributed by atoms with Crippen LogP contribution in [0.5, 0.6) is 0 Å². The number of hydrogen-bond acceptors (Lipinski definition) is 2. The van der Waals surface area contributed by atoms with Crippen molar-refractivity contribution in [3.8, 4) is 0 Å². The molecule has 1 aliphatic carbocycles. The predicted octanol–water partition coefficient (Wildman–Crippen LogP) is 2.82. The van der Waals surface area contributed by atoms with E-state index in [0.29, 0.717) is 30.1 Å². The molecule has 1 aliphatic heterocycles. The quantitative estimate of drug-likeness (QED) is 0.794. The van der Waals surface area contributed by atoms with E-state index >= 15 is 0 Å². The van der Waals surface area contributed by atoms with Crippen LogP contribution in [0.25, 0.3) is 0 Å². The fourth-order valence-electron chi connectivity index (χ4n) is 3.56. The third-order valence-corrected chi connectivity index (χ3v) is 4.83. The molecule has 1 N–H and O–H groups in total. The Kier molecular flexibility index (Phi) is 3.91. The van der Waals surface area contributed by atoms with E-state index in [4.69, 9.17) is 4.74 Å². The minimum absolute atomic E-state index is 0.426. The molecule has 5 unspecified atom stereocenters. The van der Waals surface area contributed by atoms with E-state index in [1.165, 1.54) is 19.3 Å². The van der Waals surface area contributed by atoms with Crippen LogP contribution in [0.15, 0.2) is 0 Å². The second-order valence-corrected chi connectivity index (χ2v) is 5.76. The topological polar surface area (TPSA) is 21.3 Å².